The topological polar surface area (TPSA) is 42.7 Å². The van der Waals surface area contributed by atoms with Crippen LogP contribution in [0.1, 0.15) is 38.9 Å². The van der Waals surface area contributed by atoms with E-state index in [1.54, 1.807) is 11.0 Å². The smallest absolute Gasteiger partial charge is 0.151 e. The summed E-state index contributed by atoms with van der Waals surface area (Å²) in [7, 11) is 1.90. The van der Waals surface area contributed by atoms with Gasteiger partial charge in [0.2, 0.25) is 0 Å². The minimum absolute atomic E-state index is 0.652. The van der Waals surface area contributed by atoms with E-state index in [0.717, 1.165) is 18.8 Å². The van der Waals surface area contributed by atoms with E-state index < -0.39 is 0 Å². The highest BCUT2D eigenvalue weighted by molar-refractivity contribution is 4.82. The molecular formula is C11H22N4. The number of hydrogen-bond acceptors (Lipinski definition) is 3. The number of hydrogen-bond donors (Lipinski definition) is 1. The van der Waals surface area contributed by atoms with Crippen molar-refractivity contribution in [1.29, 1.82) is 0 Å². The largest absolute Gasteiger partial charge is 0.314 e. The number of rotatable bonds is 7. The zero-order valence-electron chi connectivity index (χ0n) is 10.0. The van der Waals surface area contributed by atoms with E-state index >= 15 is 0 Å². The van der Waals surface area contributed by atoms with E-state index in [2.05, 4.69) is 29.2 Å². The van der Waals surface area contributed by atoms with Crippen molar-refractivity contribution in [3.05, 3.63) is 12.2 Å². The van der Waals surface area contributed by atoms with E-state index in [0.29, 0.717) is 6.04 Å². The summed E-state index contributed by atoms with van der Waals surface area (Å²) in [5, 5.41) is 7.78. The van der Waals surface area contributed by atoms with Gasteiger partial charge in [-0.3, -0.25) is 4.68 Å². The third-order valence-corrected chi connectivity index (χ3v) is 2.56. The molecule has 1 heterocycles. The molecule has 1 rings (SSSR count). The van der Waals surface area contributed by atoms with Crippen molar-refractivity contribution in [2.24, 2.45) is 7.05 Å². The Morgan fingerprint density at radius 1 is 1.47 bits per heavy atom. The number of nitrogens with one attached hydrogen (secondary N) is 1. The van der Waals surface area contributed by atoms with Crippen molar-refractivity contribution in [2.45, 2.75) is 45.6 Å². The van der Waals surface area contributed by atoms with Gasteiger partial charge in [0.05, 0.1) is 0 Å². The predicted molar refractivity (Wildman–Crippen MR) is 61.7 cm³/mol. The maximum absolute atomic E-state index is 4.24. The lowest BCUT2D eigenvalue weighted by Crippen LogP contribution is -2.30. The highest BCUT2D eigenvalue weighted by Gasteiger charge is 2.04. The first-order valence-corrected chi connectivity index (χ1v) is 5.84. The van der Waals surface area contributed by atoms with Crippen LogP contribution in [-0.4, -0.2) is 27.4 Å². The van der Waals surface area contributed by atoms with Crippen LogP contribution in [0.4, 0.5) is 0 Å². The zero-order chi connectivity index (χ0) is 11.1. The monoisotopic (exact) mass is 210 g/mol. The van der Waals surface area contributed by atoms with Gasteiger partial charge in [0, 0.05) is 26.1 Å². The molecule has 0 fully saturated rings. The molecule has 1 N–H and O–H groups in total. The van der Waals surface area contributed by atoms with Crippen molar-refractivity contribution in [1.82, 2.24) is 20.1 Å². The summed E-state index contributed by atoms with van der Waals surface area (Å²) in [6, 6.07) is 0.652. The standard InChI is InChI=1S/C11H22N4/c1-4-6-10(5-2)12-8-7-11-13-9-15(3)14-11/h9-10,12H,4-8H2,1-3H3. The maximum atomic E-state index is 4.24. The third-order valence-electron chi connectivity index (χ3n) is 2.56. The van der Waals surface area contributed by atoms with Crippen LogP contribution in [0, 0.1) is 0 Å². The first-order chi connectivity index (χ1) is 7.26. The molecule has 0 saturated heterocycles. The summed E-state index contributed by atoms with van der Waals surface area (Å²) in [4.78, 5) is 4.20. The summed E-state index contributed by atoms with van der Waals surface area (Å²) in [5.41, 5.74) is 0. The predicted octanol–water partition coefficient (Wildman–Crippen LogP) is 1.53. The van der Waals surface area contributed by atoms with Crippen LogP contribution in [0.5, 0.6) is 0 Å². The molecule has 0 aliphatic rings. The molecule has 0 saturated carbocycles. The molecule has 0 aromatic carbocycles. The lowest BCUT2D eigenvalue weighted by atomic mass is 10.1. The summed E-state index contributed by atoms with van der Waals surface area (Å²) in [6.45, 7) is 5.43. The van der Waals surface area contributed by atoms with Crippen LogP contribution >= 0.6 is 0 Å². The molecule has 4 nitrogen and oxygen atoms in total. The lowest BCUT2D eigenvalue weighted by molar-refractivity contribution is 0.464. The Morgan fingerprint density at radius 3 is 2.80 bits per heavy atom. The summed E-state index contributed by atoms with van der Waals surface area (Å²) in [5.74, 6) is 0.927. The van der Waals surface area contributed by atoms with Gasteiger partial charge >= 0.3 is 0 Å². The van der Waals surface area contributed by atoms with Gasteiger partial charge in [-0.2, -0.15) is 5.10 Å². The van der Waals surface area contributed by atoms with Crippen molar-refractivity contribution in [3.63, 3.8) is 0 Å². The fourth-order valence-corrected chi connectivity index (χ4v) is 1.69. The van der Waals surface area contributed by atoms with Crippen molar-refractivity contribution in [2.75, 3.05) is 6.54 Å². The quantitative estimate of drug-likeness (QED) is 0.742. The molecule has 1 atom stereocenters. The lowest BCUT2D eigenvalue weighted by Gasteiger charge is -2.14. The van der Waals surface area contributed by atoms with E-state index in [4.69, 9.17) is 0 Å². The Hall–Kier alpha value is -0.900. The van der Waals surface area contributed by atoms with Crippen LogP contribution in [0.25, 0.3) is 0 Å². The van der Waals surface area contributed by atoms with Crippen molar-refractivity contribution in [3.8, 4) is 0 Å². The first-order valence-electron chi connectivity index (χ1n) is 5.84. The Balaban J connectivity index is 2.20. The van der Waals surface area contributed by atoms with Crippen LogP contribution in [0.2, 0.25) is 0 Å². The molecule has 0 spiro atoms. The normalized spacial score (nSPS) is 13.0. The SMILES string of the molecule is CCCC(CC)NCCc1ncn(C)n1. The molecule has 0 aliphatic carbocycles. The molecule has 1 unspecified atom stereocenters. The third kappa shape index (κ3) is 4.42. The molecule has 0 aliphatic heterocycles. The second-order valence-corrected chi connectivity index (χ2v) is 3.93. The van der Waals surface area contributed by atoms with Crippen LogP contribution in [0.3, 0.4) is 0 Å². The average Bonchev–Trinajstić information content (AvgIpc) is 2.63. The van der Waals surface area contributed by atoms with Gasteiger partial charge in [0.1, 0.15) is 6.33 Å². The van der Waals surface area contributed by atoms with Crippen molar-refractivity contribution >= 4 is 0 Å². The molecule has 15 heavy (non-hydrogen) atoms. The van der Waals surface area contributed by atoms with Crippen LogP contribution in [0.15, 0.2) is 6.33 Å². The second kappa shape index (κ2) is 6.56. The van der Waals surface area contributed by atoms with E-state index in [-0.39, 0.29) is 0 Å². The summed E-state index contributed by atoms with van der Waals surface area (Å²) in [6.07, 6.45) is 6.36. The highest BCUT2D eigenvalue weighted by Crippen LogP contribution is 2.00. The van der Waals surface area contributed by atoms with Gasteiger partial charge in [-0.05, 0) is 12.8 Å². The Labute approximate surface area is 92.1 Å². The average molecular weight is 210 g/mol. The molecule has 1 aromatic rings. The Morgan fingerprint density at radius 2 is 2.27 bits per heavy atom. The minimum atomic E-state index is 0.652. The molecule has 0 radical (unpaired) electrons. The highest BCUT2D eigenvalue weighted by atomic mass is 15.3. The zero-order valence-corrected chi connectivity index (χ0v) is 10.0. The Bertz CT molecular complexity index is 269. The van der Waals surface area contributed by atoms with Crippen LogP contribution in [-0.2, 0) is 13.5 Å². The summed E-state index contributed by atoms with van der Waals surface area (Å²) >= 11 is 0. The molecule has 0 amide bonds. The van der Waals surface area contributed by atoms with Gasteiger partial charge in [0.25, 0.3) is 0 Å². The fraction of sp³-hybridized carbons (Fsp3) is 0.818. The number of aromatic nitrogens is 3. The maximum Gasteiger partial charge on any atom is 0.151 e. The fourth-order valence-electron chi connectivity index (χ4n) is 1.69. The first kappa shape index (κ1) is 12.2. The number of nitrogens with zero attached hydrogens (tertiary/aromatic N) is 3. The minimum Gasteiger partial charge on any atom is -0.314 e. The van der Waals surface area contributed by atoms with E-state index in [1.165, 1.54) is 19.3 Å². The van der Waals surface area contributed by atoms with Gasteiger partial charge in [0.15, 0.2) is 5.82 Å². The molecule has 1 aromatic heterocycles. The van der Waals surface area contributed by atoms with Gasteiger partial charge in [-0.1, -0.05) is 20.3 Å². The van der Waals surface area contributed by atoms with Gasteiger partial charge < -0.3 is 5.32 Å². The van der Waals surface area contributed by atoms with E-state index in [9.17, 15) is 0 Å². The van der Waals surface area contributed by atoms with Gasteiger partial charge in [-0.15, -0.1) is 0 Å². The van der Waals surface area contributed by atoms with E-state index in [1.807, 2.05) is 7.05 Å². The number of aryl methyl sites for hydroxylation is 1. The molecule has 0 bridgehead atoms. The molecular weight excluding hydrogens is 188 g/mol. The van der Waals surface area contributed by atoms with Crippen LogP contribution < -0.4 is 5.32 Å². The summed E-state index contributed by atoms with van der Waals surface area (Å²) < 4.78 is 1.75. The van der Waals surface area contributed by atoms with Crippen molar-refractivity contribution < 1.29 is 0 Å². The molecule has 86 valence electrons. The Kier molecular flexibility index (Phi) is 5.32. The second-order valence-electron chi connectivity index (χ2n) is 3.93. The molecule has 4 heteroatoms. The van der Waals surface area contributed by atoms with Gasteiger partial charge in [-0.25, -0.2) is 4.98 Å².